The SMILES string of the molecule is COc1ccc2c(c1)c(Cc1ccc(C(C(=O)NC(CO)c3ccccc3)C3CCCC3)cc1)c1nc(C)cc(C)n12. The quantitative estimate of drug-likeness (QED) is 0.207. The van der Waals surface area contributed by atoms with Gasteiger partial charge < -0.3 is 15.2 Å². The summed E-state index contributed by atoms with van der Waals surface area (Å²) in [6.45, 7) is 4.03. The van der Waals surface area contributed by atoms with E-state index in [0.717, 1.165) is 76.9 Å². The average Bonchev–Trinajstić information content (AvgIpc) is 3.64. The average molecular weight is 562 g/mol. The Morgan fingerprint density at radius 3 is 2.43 bits per heavy atom. The summed E-state index contributed by atoms with van der Waals surface area (Å²) in [5.74, 6) is 0.871. The normalized spacial score (nSPS) is 15.2. The van der Waals surface area contributed by atoms with Crippen LogP contribution >= 0.6 is 0 Å². The van der Waals surface area contributed by atoms with Crippen molar-refractivity contribution in [3.05, 3.63) is 113 Å². The standard InChI is InChI=1S/C36H39N3O3/c1-23-19-24(2)39-33-18-17-29(42-3)21-30(33)31(35(39)37-23)20-25-13-15-28(16-14-25)34(27-11-7-8-12-27)36(41)38-32(22-40)26-9-5-4-6-10-26/h4-6,9-10,13-19,21,27,32,34,40H,7-8,11-12,20,22H2,1-3H3,(H,38,41). The minimum atomic E-state index is -0.422. The lowest BCUT2D eigenvalue weighted by molar-refractivity contribution is -0.124. The van der Waals surface area contributed by atoms with E-state index in [1.807, 2.05) is 43.3 Å². The van der Waals surface area contributed by atoms with Gasteiger partial charge in [0.15, 0.2) is 0 Å². The molecule has 2 heterocycles. The topological polar surface area (TPSA) is 75.9 Å². The van der Waals surface area contributed by atoms with Crippen molar-refractivity contribution in [1.82, 2.24) is 14.7 Å². The Bertz CT molecular complexity index is 1700. The summed E-state index contributed by atoms with van der Waals surface area (Å²) >= 11 is 0. The van der Waals surface area contributed by atoms with Crippen molar-refractivity contribution in [1.29, 1.82) is 0 Å². The summed E-state index contributed by atoms with van der Waals surface area (Å²) < 4.78 is 7.80. The number of aromatic nitrogens is 2. The van der Waals surface area contributed by atoms with Gasteiger partial charge in [0.25, 0.3) is 0 Å². The Hall–Kier alpha value is -4.16. The first-order valence-electron chi connectivity index (χ1n) is 15.0. The van der Waals surface area contributed by atoms with E-state index in [-0.39, 0.29) is 18.4 Å². The van der Waals surface area contributed by atoms with E-state index in [4.69, 9.17) is 9.72 Å². The van der Waals surface area contributed by atoms with Crippen LogP contribution in [0.1, 0.15) is 71.3 Å². The number of hydrogen-bond acceptors (Lipinski definition) is 4. The minimum absolute atomic E-state index is 0.00998. The molecule has 2 unspecified atom stereocenters. The maximum absolute atomic E-state index is 13.8. The number of aliphatic hydroxyl groups is 1. The molecule has 2 N–H and O–H groups in total. The van der Waals surface area contributed by atoms with Crippen molar-refractivity contribution in [2.75, 3.05) is 13.7 Å². The van der Waals surface area contributed by atoms with Gasteiger partial charge in [-0.15, -0.1) is 0 Å². The van der Waals surface area contributed by atoms with Gasteiger partial charge in [-0.25, -0.2) is 4.98 Å². The van der Waals surface area contributed by atoms with E-state index < -0.39 is 6.04 Å². The zero-order valence-electron chi connectivity index (χ0n) is 24.6. The molecule has 3 aromatic carbocycles. The van der Waals surface area contributed by atoms with Gasteiger partial charge in [-0.3, -0.25) is 9.20 Å². The van der Waals surface area contributed by atoms with Crippen LogP contribution in [0.5, 0.6) is 5.75 Å². The smallest absolute Gasteiger partial charge is 0.228 e. The zero-order valence-corrected chi connectivity index (χ0v) is 24.6. The molecular weight excluding hydrogens is 522 g/mol. The Labute approximate surface area is 247 Å². The van der Waals surface area contributed by atoms with Crippen LogP contribution in [0.3, 0.4) is 0 Å². The van der Waals surface area contributed by atoms with E-state index in [1.54, 1.807) is 7.11 Å². The van der Waals surface area contributed by atoms with Gasteiger partial charge >= 0.3 is 0 Å². The summed E-state index contributed by atoms with van der Waals surface area (Å²) in [5, 5.41) is 14.4. The number of carbonyl (C=O) groups is 1. The summed E-state index contributed by atoms with van der Waals surface area (Å²) in [5.41, 5.74) is 8.52. The molecule has 2 aromatic heterocycles. The molecule has 0 saturated heterocycles. The Morgan fingerprint density at radius 1 is 1.00 bits per heavy atom. The lowest BCUT2D eigenvalue weighted by Crippen LogP contribution is -2.37. The first-order chi connectivity index (χ1) is 20.5. The number of carbonyl (C=O) groups excluding carboxylic acids is 1. The van der Waals surface area contributed by atoms with Gasteiger partial charge in [0.1, 0.15) is 11.4 Å². The van der Waals surface area contributed by atoms with E-state index in [9.17, 15) is 9.90 Å². The lowest BCUT2D eigenvalue weighted by atomic mass is 9.83. The second-order valence-corrected chi connectivity index (χ2v) is 11.7. The highest BCUT2D eigenvalue weighted by Crippen LogP contribution is 2.39. The number of fused-ring (bicyclic) bond motifs is 3. The van der Waals surface area contributed by atoms with E-state index in [1.165, 1.54) is 11.1 Å². The zero-order chi connectivity index (χ0) is 29.2. The highest BCUT2D eigenvalue weighted by atomic mass is 16.5. The molecule has 1 fully saturated rings. The molecular formula is C36H39N3O3. The number of ether oxygens (including phenoxy) is 1. The molecule has 42 heavy (non-hydrogen) atoms. The van der Waals surface area contributed by atoms with E-state index in [2.05, 4.69) is 59.1 Å². The molecule has 1 amide bonds. The van der Waals surface area contributed by atoms with Gasteiger partial charge in [-0.05, 0) is 73.6 Å². The summed E-state index contributed by atoms with van der Waals surface area (Å²) in [6, 6.07) is 26.2. The molecule has 5 aromatic rings. The molecule has 216 valence electrons. The Balaban J connectivity index is 1.32. The van der Waals surface area contributed by atoms with Gasteiger partial charge in [-0.1, -0.05) is 67.4 Å². The Kier molecular flexibility index (Phi) is 7.98. The molecule has 6 nitrogen and oxygen atoms in total. The van der Waals surface area contributed by atoms with Crippen LogP contribution in [0.15, 0.2) is 78.9 Å². The maximum Gasteiger partial charge on any atom is 0.228 e. The molecule has 6 rings (SSSR count). The third kappa shape index (κ3) is 5.39. The number of amides is 1. The third-order valence-corrected chi connectivity index (χ3v) is 8.88. The van der Waals surface area contributed by atoms with Crippen LogP contribution in [0, 0.1) is 19.8 Å². The van der Waals surface area contributed by atoms with Crippen molar-refractivity contribution in [2.24, 2.45) is 5.92 Å². The first-order valence-corrected chi connectivity index (χ1v) is 15.0. The monoisotopic (exact) mass is 561 g/mol. The fourth-order valence-electron chi connectivity index (χ4n) is 6.82. The third-order valence-electron chi connectivity index (χ3n) is 8.88. The second-order valence-electron chi connectivity index (χ2n) is 11.7. The van der Waals surface area contributed by atoms with E-state index in [0.29, 0.717) is 5.92 Å². The van der Waals surface area contributed by atoms with Crippen molar-refractivity contribution >= 4 is 22.5 Å². The fourth-order valence-corrected chi connectivity index (χ4v) is 6.82. The largest absolute Gasteiger partial charge is 0.497 e. The van der Waals surface area contributed by atoms with Crippen LogP contribution in [-0.2, 0) is 11.2 Å². The lowest BCUT2D eigenvalue weighted by Gasteiger charge is -2.26. The molecule has 0 radical (unpaired) electrons. The number of aliphatic hydroxyl groups excluding tert-OH is 1. The number of hydrogen-bond donors (Lipinski definition) is 2. The van der Waals surface area contributed by atoms with Crippen LogP contribution < -0.4 is 10.1 Å². The number of methoxy groups -OCH3 is 1. The number of nitrogens with zero attached hydrogens (tertiary/aromatic N) is 2. The summed E-state index contributed by atoms with van der Waals surface area (Å²) in [6.07, 6.45) is 5.11. The number of nitrogens with one attached hydrogen (secondary N) is 1. The van der Waals surface area contributed by atoms with E-state index >= 15 is 0 Å². The van der Waals surface area contributed by atoms with Crippen molar-refractivity contribution in [2.45, 2.75) is 57.9 Å². The predicted octanol–water partition coefficient (Wildman–Crippen LogP) is 6.83. The molecule has 0 bridgehead atoms. The maximum atomic E-state index is 13.8. The van der Waals surface area contributed by atoms with Crippen LogP contribution in [-0.4, -0.2) is 34.1 Å². The van der Waals surface area contributed by atoms with Crippen molar-refractivity contribution < 1.29 is 14.6 Å². The molecule has 2 atom stereocenters. The second kappa shape index (κ2) is 12.0. The molecule has 1 saturated carbocycles. The number of rotatable bonds is 9. The molecule has 1 aliphatic rings. The van der Waals surface area contributed by atoms with Gasteiger partial charge in [-0.2, -0.15) is 0 Å². The molecule has 1 aliphatic carbocycles. The Morgan fingerprint density at radius 2 is 1.74 bits per heavy atom. The minimum Gasteiger partial charge on any atom is -0.497 e. The van der Waals surface area contributed by atoms with Crippen LogP contribution in [0.4, 0.5) is 0 Å². The number of aryl methyl sites for hydroxylation is 2. The molecule has 0 spiro atoms. The van der Waals surface area contributed by atoms with Crippen LogP contribution in [0.2, 0.25) is 0 Å². The van der Waals surface area contributed by atoms with Gasteiger partial charge in [0.05, 0.1) is 31.2 Å². The summed E-state index contributed by atoms with van der Waals surface area (Å²) in [4.78, 5) is 18.7. The predicted molar refractivity (Wildman–Crippen MR) is 167 cm³/mol. The first kappa shape index (κ1) is 28.0. The highest BCUT2D eigenvalue weighted by molar-refractivity contribution is 5.93. The van der Waals surface area contributed by atoms with Gasteiger partial charge in [0, 0.05) is 28.8 Å². The molecule has 0 aliphatic heterocycles. The van der Waals surface area contributed by atoms with Crippen molar-refractivity contribution in [3.63, 3.8) is 0 Å². The van der Waals surface area contributed by atoms with Gasteiger partial charge in [0.2, 0.25) is 5.91 Å². The van der Waals surface area contributed by atoms with Crippen molar-refractivity contribution in [3.8, 4) is 5.75 Å². The molecule has 6 heteroatoms. The summed E-state index contributed by atoms with van der Waals surface area (Å²) in [7, 11) is 1.70. The van der Waals surface area contributed by atoms with Crippen LogP contribution in [0.25, 0.3) is 16.6 Å². The fraction of sp³-hybridized carbons (Fsp3) is 0.333. The number of benzene rings is 3. The highest BCUT2D eigenvalue weighted by Gasteiger charge is 2.33.